The van der Waals surface area contributed by atoms with Crippen LogP contribution < -0.4 is 5.32 Å². The molecule has 0 aromatic heterocycles. The summed E-state index contributed by atoms with van der Waals surface area (Å²) in [6.45, 7) is 0. The van der Waals surface area contributed by atoms with Gasteiger partial charge in [-0.25, -0.2) is 0 Å². The van der Waals surface area contributed by atoms with E-state index in [-0.39, 0.29) is 17.9 Å². The van der Waals surface area contributed by atoms with Crippen LogP contribution in [0.15, 0.2) is 18.2 Å². The molecular formula is C17H21NO3. The Balaban J connectivity index is 1.64. The van der Waals surface area contributed by atoms with Gasteiger partial charge in [0, 0.05) is 11.6 Å². The van der Waals surface area contributed by atoms with Crippen molar-refractivity contribution in [3.63, 3.8) is 0 Å². The zero-order valence-corrected chi connectivity index (χ0v) is 12.1. The number of fused-ring (bicyclic) bond motifs is 1. The van der Waals surface area contributed by atoms with E-state index in [1.165, 1.54) is 17.5 Å². The van der Waals surface area contributed by atoms with Gasteiger partial charge in [-0.15, -0.1) is 0 Å². The van der Waals surface area contributed by atoms with Gasteiger partial charge in [0.15, 0.2) is 0 Å². The minimum absolute atomic E-state index is 0.0133. The van der Waals surface area contributed by atoms with Crippen LogP contribution >= 0.6 is 0 Å². The second-order valence-corrected chi connectivity index (χ2v) is 6.21. The molecule has 1 aromatic carbocycles. The predicted octanol–water partition coefficient (Wildman–Crippen LogP) is 2.55. The number of aryl methyl sites for hydroxylation is 2. The third kappa shape index (κ3) is 3.09. The Labute approximate surface area is 124 Å². The highest BCUT2D eigenvalue weighted by Gasteiger charge is 2.28. The van der Waals surface area contributed by atoms with E-state index in [1.807, 2.05) is 12.1 Å². The number of carboxylic acid groups (broad SMARTS) is 1. The summed E-state index contributed by atoms with van der Waals surface area (Å²) in [5.41, 5.74) is 3.35. The van der Waals surface area contributed by atoms with Crippen LogP contribution in [0.1, 0.15) is 53.6 Å². The summed E-state index contributed by atoms with van der Waals surface area (Å²) in [5.74, 6) is -1.13. The van der Waals surface area contributed by atoms with E-state index in [2.05, 4.69) is 11.4 Å². The molecule has 1 fully saturated rings. The fourth-order valence-electron chi connectivity index (χ4n) is 3.53. The molecule has 21 heavy (non-hydrogen) atoms. The Hall–Kier alpha value is -1.84. The van der Waals surface area contributed by atoms with Crippen molar-refractivity contribution in [3.8, 4) is 0 Å². The van der Waals surface area contributed by atoms with E-state index in [4.69, 9.17) is 5.11 Å². The molecule has 1 amide bonds. The highest BCUT2D eigenvalue weighted by Crippen LogP contribution is 2.26. The van der Waals surface area contributed by atoms with Crippen LogP contribution in [0.25, 0.3) is 0 Å². The standard InChI is InChI=1S/C17H21NO3/c19-16(13-8-7-11-3-1-4-12(11)9-13)18-15-6-2-5-14(10-15)17(20)21/h7-9,14-15H,1-6,10H2,(H,18,19)(H,20,21). The molecule has 4 heteroatoms. The fourth-order valence-corrected chi connectivity index (χ4v) is 3.53. The van der Waals surface area contributed by atoms with Gasteiger partial charge in [-0.2, -0.15) is 0 Å². The molecule has 1 aromatic rings. The molecule has 2 aliphatic rings. The largest absolute Gasteiger partial charge is 0.481 e. The molecule has 2 aliphatic carbocycles. The summed E-state index contributed by atoms with van der Waals surface area (Å²) in [6, 6.07) is 5.92. The van der Waals surface area contributed by atoms with Gasteiger partial charge in [0.25, 0.3) is 5.91 Å². The number of rotatable bonds is 3. The van der Waals surface area contributed by atoms with Gasteiger partial charge in [-0.3, -0.25) is 9.59 Å². The molecule has 2 unspecified atom stereocenters. The highest BCUT2D eigenvalue weighted by molar-refractivity contribution is 5.94. The molecule has 1 saturated carbocycles. The van der Waals surface area contributed by atoms with Crippen LogP contribution in [0.3, 0.4) is 0 Å². The Morgan fingerprint density at radius 2 is 1.90 bits per heavy atom. The van der Waals surface area contributed by atoms with Gasteiger partial charge in [0.1, 0.15) is 0 Å². The quantitative estimate of drug-likeness (QED) is 0.898. The molecule has 0 spiro atoms. The molecule has 0 aliphatic heterocycles. The molecule has 0 saturated heterocycles. The summed E-state index contributed by atoms with van der Waals surface area (Å²) in [4.78, 5) is 23.4. The number of hydrogen-bond donors (Lipinski definition) is 2. The summed E-state index contributed by atoms with van der Waals surface area (Å²) in [6.07, 6.45) is 6.35. The zero-order chi connectivity index (χ0) is 14.8. The van der Waals surface area contributed by atoms with Gasteiger partial charge >= 0.3 is 5.97 Å². The van der Waals surface area contributed by atoms with Gasteiger partial charge in [0.05, 0.1) is 5.92 Å². The number of aliphatic carboxylic acids is 1. The van der Waals surface area contributed by atoms with Gasteiger partial charge in [-0.05, 0) is 61.8 Å². The Morgan fingerprint density at radius 1 is 1.10 bits per heavy atom. The van der Waals surface area contributed by atoms with Crippen molar-refractivity contribution in [1.82, 2.24) is 5.32 Å². The van der Waals surface area contributed by atoms with Crippen LogP contribution in [0.4, 0.5) is 0 Å². The summed E-state index contributed by atoms with van der Waals surface area (Å²) in [5, 5.41) is 12.1. The van der Waals surface area contributed by atoms with Gasteiger partial charge in [-0.1, -0.05) is 12.5 Å². The monoisotopic (exact) mass is 287 g/mol. The van der Waals surface area contributed by atoms with Crippen molar-refractivity contribution >= 4 is 11.9 Å². The van der Waals surface area contributed by atoms with Crippen molar-refractivity contribution < 1.29 is 14.7 Å². The molecule has 0 radical (unpaired) electrons. The second kappa shape index (κ2) is 5.88. The molecule has 0 heterocycles. The predicted molar refractivity (Wildman–Crippen MR) is 79.3 cm³/mol. The van der Waals surface area contributed by atoms with Crippen LogP contribution in [0.5, 0.6) is 0 Å². The maximum atomic E-state index is 12.3. The smallest absolute Gasteiger partial charge is 0.306 e. The average Bonchev–Trinajstić information content (AvgIpc) is 2.94. The Bertz CT molecular complexity index is 567. The van der Waals surface area contributed by atoms with E-state index in [0.29, 0.717) is 12.0 Å². The molecule has 2 atom stereocenters. The zero-order valence-electron chi connectivity index (χ0n) is 12.1. The summed E-state index contributed by atoms with van der Waals surface area (Å²) in [7, 11) is 0. The SMILES string of the molecule is O=C(NC1CCCC(C(=O)O)C1)c1ccc2c(c1)CCC2. The maximum Gasteiger partial charge on any atom is 0.306 e. The van der Waals surface area contributed by atoms with Crippen LogP contribution in [0, 0.1) is 5.92 Å². The molecule has 3 rings (SSSR count). The Kier molecular flexibility index (Phi) is 3.95. The molecule has 2 N–H and O–H groups in total. The lowest BCUT2D eigenvalue weighted by Crippen LogP contribution is -2.39. The van der Waals surface area contributed by atoms with Crippen LogP contribution in [-0.4, -0.2) is 23.0 Å². The normalized spacial score (nSPS) is 24.4. The Morgan fingerprint density at radius 3 is 2.71 bits per heavy atom. The first-order valence-electron chi connectivity index (χ1n) is 7.79. The molecule has 0 bridgehead atoms. The number of amides is 1. The van der Waals surface area contributed by atoms with E-state index in [1.54, 1.807) is 0 Å². The maximum absolute atomic E-state index is 12.3. The van der Waals surface area contributed by atoms with E-state index >= 15 is 0 Å². The number of carboxylic acids is 1. The first-order valence-corrected chi connectivity index (χ1v) is 7.79. The van der Waals surface area contributed by atoms with Crippen LogP contribution in [-0.2, 0) is 17.6 Å². The van der Waals surface area contributed by atoms with Gasteiger partial charge in [0.2, 0.25) is 0 Å². The van der Waals surface area contributed by atoms with E-state index in [0.717, 1.165) is 32.1 Å². The minimum atomic E-state index is -0.744. The lowest BCUT2D eigenvalue weighted by atomic mass is 9.85. The first kappa shape index (κ1) is 14.1. The third-order valence-corrected chi connectivity index (χ3v) is 4.72. The van der Waals surface area contributed by atoms with Crippen molar-refractivity contribution in [2.45, 2.75) is 51.0 Å². The molecule has 4 nitrogen and oxygen atoms in total. The first-order chi connectivity index (χ1) is 10.1. The number of nitrogens with one attached hydrogen (secondary N) is 1. The lowest BCUT2D eigenvalue weighted by molar-refractivity contribution is -0.143. The summed E-state index contributed by atoms with van der Waals surface area (Å²) >= 11 is 0. The fraction of sp³-hybridized carbons (Fsp3) is 0.529. The number of hydrogen-bond acceptors (Lipinski definition) is 2. The van der Waals surface area contributed by atoms with Crippen molar-refractivity contribution in [2.24, 2.45) is 5.92 Å². The van der Waals surface area contributed by atoms with E-state index in [9.17, 15) is 9.59 Å². The van der Waals surface area contributed by atoms with Crippen molar-refractivity contribution in [1.29, 1.82) is 0 Å². The summed E-state index contributed by atoms with van der Waals surface area (Å²) < 4.78 is 0. The third-order valence-electron chi connectivity index (χ3n) is 4.72. The average molecular weight is 287 g/mol. The van der Waals surface area contributed by atoms with Crippen LogP contribution in [0.2, 0.25) is 0 Å². The molecular weight excluding hydrogens is 266 g/mol. The van der Waals surface area contributed by atoms with Gasteiger partial charge < -0.3 is 10.4 Å². The number of carbonyl (C=O) groups is 2. The lowest BCUT2D eigenvalue weighted by Gasteiger charge is -2.27. The minimum Gasteiger partial charge on any atom is -0.481 e. The van der Waals surface area contributed by atoms with Crippen molar-refractivity contribution in [3.05, 3.63) is 34.9 Å². The number of carbonyl (C=O) groups excluding carboxylic acids is 1. The highest BCUT2D eigenvalue weighted by atomic mass is 16.4. The molecule has 112 valence electrons. The topological polar surface area (TPSA) is 66.4 Å². The van der Waals surface area contributed by atoms with E-state index < -0.39 is 5.97 Å². The second-order valence-electron chi connectivity index (χ2n) is 6.21. The van der Waals surface area contributed by atoms with Crippen molar-refractivity contribution in [2.75, 3.05) is 0 Å². The number of benzene rings is 1.